The Hall–Kier alpha value is -6.36. The number of carbonyl (C=O) groups excluding carboxylic acids is 2. The number of hydrogen-bond acceptors (Lipinski definition) is 13. The molecule has 1 N–H and O–H groups in total. The summed E-state index contributed by atoms with van der Waals surface area (Å²) in [6, 6.07) is 55.4. The lowest BCUT2D eigenvalue weighted by atomic mass is 9.97. The summed E-state index contributed by atoms with van der Waals surface area (Å²) in [6.07, 6.45) is -9.58. The summed E-state index contributed by atoms with van der Waals surface area (Å²) in [5.74, 6) is -1.25. The number of ether oxygens (including phenoxy) is 10. The van der Waals surface area contributed by atoms with Gasteiger partial charge in [-0.25, -0.2) is 9.59 Å². The maximum atomic E-state index is 14.2. The first-order valence-corrected chi connectivity index (χ1v) is 23.4. The zero-order valence-corrected chi connectivity index (χ0v) is 38.7. The highest BCUT2D eigenvalue weighted by Gasteiger charge is 2.53. The minimum absolute atomic E-state index is 0.0632. The molecule has 2 fully saturated rings. The maximum Gasteiger partial charge on any atom is 0.338 e. The van der Waals surface area contributed by atoms with Crippen molar-refractivity contribution in [2.75, 3.05) is 19.8 Å². The van der Waals surface area contributed by atoms with Crippen molar-refractivity contribution >= 4 is 11.9 Å². The van der Waals surface area contributed by atoms with Gasteiger partial charge < -0.3 is 52.5 Å². The van der Waals surface area contributed by atoms with E-state index < -0.39 is 73.4 Å². The topological polar surface area (TPSA) is 147 Å². The lowest BCUT2D eigenvalue weighted by Gasteiger charge is -2.47. The van der Waals surface area contributed by atoms with Gasteiger partial charge in [-0.15, -0.1) is 6.58 Å². The average Bonchev–Trinajstić information content (AvgIpc) is 3.41. The van der Waals surface area contributed by atoms with Crippen molar-refractivity contribution in [2.24, 2.45) is 0 Å². The van der Waals surface area contributed by atoms with Gasteiger partial charge in [-0.05, 0) is 46.5 Å². The lowest BCUT2D eigenvalue weighted by Crippen LogP contribution is -2.64. The van der Waals surface area contributed by atoms with E-state index in [1.165, 1.54) is 0 Å². The van der Waals surface area contributed by atoms with Gasteiger partial charge in [0, 0.05) is 0 Å². The molecule has 10 atom stereocenters. The molecular weight excluding hydrogens is 893 g/mol. The predicted octanol–water partition coefficient (Wildman–Crippen LogP) is 8.44. The van der Waals surface area contributed by atoms with Crippen molar-refractivity contribution in [1.29, 1.82) is 0 Å². The van der Waals surface area contributed by atoms with Gasteiger partial charge >= 0.3 is 11.9 Å². The zero-order valence-electron chi connectivity index (χ0n) is 38.7. The van der Waals surface area contributed by atoms with Gasteiger partial charge in [0.25, 0.3) is 0 Å². The van der Waals surface area contributed by atoms with Gasteiger partial charge in [0.2, 0.25) is 0 Å². The van der Waals surface area contributed by atoms with Crippen LogP contribution in [-0.4, -0.2) is 98.3 Å². The molecule has 364 valence electrons. The van der Waals surface area contributed by atoms with E-state index in [0.717, 1.165) is 22.3 Å². The fourth-order valence-corrected chi connectivity index (χ4v) is 8.22. The van der Waals surface area contributed by atoms with Gasteiger partial charge in [-0.1, -0.05) is 164 Å². The van der Waals surface area contributed by atoms with Crippen LogP contribution in [0.1, 0.15) is 43.0 Å². The SMILES string of the molecule is C=CCO[C@H]1O[C@H](CO[C@H]2O[C@H](COC(=O)c3ccccc3)[C@@H](OCc3ccccc3)[C@H](OCc3ccccc3)[C@@H]2OC(=O)c2ccccc2)[C@@H](OCc2ccccc2)[C@H](OCc2ccccc2)[C@@H]1O. The second kappa shape index (κ2) is 26.0. The Morgan fingerprint density at radius 1 is 0.443 bits per heavy atom. The molecule has 0 aromatic heterocycles. The Morgan fingerprint density at radius 3 is 1.30 bits per heavy atom. The monoisotopic (exact) mass is 950 g/mol. The largest absolute Gasteiger partial charge is 0.459 e. The highest BCUT2D eigenvalue weighted by atomic mass is 16.8. The van der Waals surface area contributed by atoms with Gasteiger partial charge in [-0.3, -0.25) is 0 Å². The maximum absolute atomic E-state index is 14.2. The van der Waals surface area contributed by atoms with Gasteiger partial charge in [0.1, 0.15) is 49.3 Å². The molecule has 0 unspecified atom stereocenters. The Balaban J connectivity index is 1.15. The Kier molecular flexibility index (Phi) is 18.6. The van der Waals surface area contributed by atoms with Crippen LogP contribution in [-0.2, 0) is 73.8 Å². The molecule has 70 heavy (non-hydrogen) atoms. The van der Waals surface area contributed by atoms with E-state index >= 15 is 0 Å². The van der Waals surface area contributed by atoms with Crippen molar-refractivity contribution in [3.63, 3.8) is 0 Å². The molecule has 6 aromatic rings. The molecule has 2 aliphatic rings. The van der Waals surface area contributed by atoms with E-state index in [0.29, 0.717) is 5.56 Å². The van der Waals surface area contributed by atoms with Crippen molar-refractivity contribution in [3.8, 4) is 0 Å². The molecule has 2 aliphatic heterocycles. The fourth-order valence-electron chi connectivity index (χ4n) is 8.22. The molecule has 2 heterocycles. The van der Waals surface area contributed by atoms with Gasteiger partial charge in [0.15, 0.2) is 18.7 Å². The van der Waals surface area contributed by atoms with Crippen LogP contribution in [0.3, 0.4) is 0 Å². The van der Waals surface area contributed by atoms with Crippen molar-refractivity contribution in [2.45, 2.75) is 87.8 Å². The van der Waals surface area contributed by atoms with Crippen LogP contribution in [0, 0.1) is 0 Å². The first-order valence-electron chi connectivity index (χ1n) is 23.4. The first kappa shape index (κ1) is 50.0. The number of aliphatic hydroxyl groups excluding tert-OH is 1. The second-order valence-electron chi connectivity index (χ2n) is 16.8. The summed E-state index contributed by atoms with van der Waals surface area (Å²) in [5.41, 5.74) is 4.07. The summed E-state index contributed by atoms with van der Waals surface area (Å²) < 4.78 is 65.1. The Labute approximate surface area is 408 Å². The number of esters is 2. The van der Waals surface area contributed by atoms with Crippen LogP contribution >= 0.6 is 0 Å². The number of carbonyl (C=O) groups is 2. The highest BCUT2D eigenvalue weighted by Crippen LogP contribution is 2.34. The van der Waals surface area contributed by atoms with Crippen LogP contribution in [0.5, 0.6) is 0 Å². The molecule has 13 heteroatoms. The molecule has 13 nitrogen and oxygen atoms in total. The molecule has 0 spiro atoms. The second-order valence-corrected chi connectivity index (χ2v) is 16.8. The molecule has 0 aliphatic carbocycles. The van der Waals surface area contributed by atoms with E-state index in [4.69, 9.17) is 47.4 Å². The standard InChI is InChI=1S/C57H58O13/c1-2-33-61-56-48(58)51(64-36-42-25-13-5-14-26-42)49(62-34-40-21-9-3-10-22-40)47(68-56)39-67-57-53(70-55(60)45-31-19-8-20-32-45)52(65-37-43-27-15-6-16-28-43)50(63-35-41-23-11-4-12-24-41)46(69-57)38-66-54(59)44-29-17-7-18-30-44/h2-32,46-53,56-58H,1,33-39H2/t46-,47-,48+,49-,50-,51-,52+,53+,56+,57+/m1/s1. The molecule has 0 radical (unpaired) electrons. The number of benzene rings is 6. The van der Waals surface area contributed by atoms with Gasteiger partial charge in [0.05, 0.1) is 50.8 Å². The lowest BCUT2D eigenvalue weighted by molar-refractivity contribution is -0.342. The smallest absolute Gasteiger partial charge is 0.338 e. The molecule has 0 saturated carbocycles. The normalized spacial score (nSPS) is 24.3. The first-order chi connectivity index (χ1) is 34.4. The number of aliphatic hydroxyl groups is 1. The van der Waals surface area contributed by atoms with Crippen LogP contribution in [0.4, 0.5) is 0 Å². The molecular formula is C57H58O13. The summed E-state index contributed by atoms with van der Waals surface area (Å²) in [6.45, 7) is 3.79. The van der Waals surface area contributed by atoms with Crippen LogP contribution in [0.25, 0.3) is 0 Å². The third-order valence-electron chi connectivity index (χ3n) is 11.8. The molecule has 2 saturated heterocycles. The van der Waals surface area contributed by atoms with Crippen molar-refractivity contribution < 1.29 is 62.1 Å². The van der Waals surface area contributed by atoms with Crippen LogP contribution in [0.15, 0.2) is 195 Å². The number of rotatable bonds is 23. The minimum atomic E-state index is -1.38. The highest BCUT2D eigenvalue weighted by molar-refractivity contribution is 5.89. The summed E-state index contributed by atoms with van der Waals surface area (Å²) in [7, 11) is 0. The van der Waals surface area contributed by atoms with E-state index in [1.54, 1.807) is 66.7 Å². The predicted molar refractivity (Wildman–Crippen MR) is 258 cm³/mol. The zero-order chi connectivity index (χ0) is 48.3. The minimum Gasteiger partial charge on any atom is -0.459 e. The van der Waals surface area contributed by atoms with Crippen molar-refractivity contribution in [1.82, 2.24) is 0 Å². The Bertz CT molecular complexity index is 2470. The fraction of sp³-hybridized carbons (Fsp3) is 0.298. The summed E-state index contributed by atoms with van der Waals surface area (Å²) in [5, 5.41) is 11.9. The molecule has 0 bridgehead atoms. The molecule has 0 amide bonds. The Morgan fingerprint density at radius 2 is 0.829 bits per heavy atom. The third-order valence-corrected chi connectivity index (χ3v) is 11.8. The van der Waals surface area contributed by atoms with E-state index in [-0.39, 0.29) is 51.8 Å². The number of hydrogen-bond donors (Lipinski definition) is 1. The average molecular weight is 951 g/mol. The van der Waals surface area contributed by atoms with Crippen LogP contribution in [0.2, 0.25) is 0 Å². The van der Waals surface area contributed by atoms with E-state index in [1.807, 2.05) is 121 Å². The molecule has 6 aromatic carbocycles. The van der Waals surface area contributed by atoms with Gasteiger partial charge in [-0.2, -0.15) is 0 Å². The van der Waals surface area contributed by atoms with Crippen molar-refractivity contribution in [3.05, 3.63) is 228 Å². The summed E-state index contributed by atoms with van der Waals surface area (Å²) >= 11 is 0. The van der Waals surface area contributed by atoms with E-state index in [9.17, 15) is 14.7 Å². The van der Waals surface area contributed by atoms with Crippen LogP contribution < -0.4 is 0 Å². The third kappa shape index (κ3) is 13.9. The quantitative estimate of drug-likeness (QED) is 0.0485. The summed E-state index contributed by atoms with van der Waals surface area (Å²) in [4.78, 5) is 27.7. The molecule has 8 rings (SSSR count). The van der Waals surface area contributed by atoms with E-state index in [2.05, 4.69) is 6.58 Å².